The lowest BCUT2D eigenvalue weighted by molar-refractivity contribution is 0.0895. The highest BCUT2D eigenvalue weighted by molar-refractivity contribution is 5.93. The highest BCUT2D eigenvalue weighted by atomic mass is 16.5. The van der Waals surface area contributed by atoms with Gasteiger partial charge in [0.2, 0.25) is 0 Å². The van der Waals surface area contributed by atoms with E-state index in [1.54, 1.807) is 6.07 Å². The Balaban J connectivity index is 1.57. The van der Waals surface area contributed by atoms with Gasteiger partial charge in [-0.1, -0.05) is 17.3 Å². The van der Waals surface area contributed by atoms with E-state index in [-0.39, 0.29) is 5.91 Å². The molecule has 1 atom stereocenters. The average Bonchev–Trinajstić information content (AvgIpc) is 3.12. The molecule has 1 aliphatic rings. The first-order valence-electron chi connectivity index (χ1n) is 9.19. The molecule has 1 aliphatic heterocycles. The summed E-state index contributed by atoms with van der Waals surface area (Å²) in [6.07, 6.45) is 0. The minimum atomic E-state index is -0.190. The number of hydrogen-bond acceptors (Lipinski definition) is 5. The lowest BCUT2D eigenvalue weighted by Crippen LogP contribution is -2.51. The molecule has 6 heteroatoms. The van der Waals surface area contributed by atoms with Crippen molar-refractivity contribution in [2.24, 2.45) is 0 Å². The Labute approximate surface area is 155 Å². The van der Waals surface area contributed by atoms with Gasteiger partial charge < -0.3 is 14.7 Å². The molecule has 0 saturated carbocycles. The van der Waals surface area contributed by atoms with E-state index in [9.17, 15) is 4.79 Å². The number of amides is 1. The number of likely N-dealkylation sites (N-methyl/N-ethyl adjacent to an activating group) is 1. The molecule has 1 N–H and O–H groups in total. The molecule has 6 nitrogen and oxygen atoms in total. The van der Waals surface area contributed by atoms with E-state index in [1.165, 1.54) is 11.1 Å². The van der Waals surface area contributed by atoms with Gasteiger partial charge in [0.1, 0.15) is 0 Å². The maximum Gasteiger partial charge on any atom is 0.273 e. The van der Waals surface area contributed by atoms with Gasteiger partial charge in [-0.2, -0.15) is 0 Å². The zero-order chi connectivity index (χ0) is 18.7. The molecule has 1 saturated heterocycles. The van der Waals surface area contributed by atoms with Gasteiger partial charge in [0.05, 0.1) is 0 Å². The van der Waals surface area contributed by atoms with Gasteiger partial charge in [0.25, 0.3) is 5.91 Å². The summed E-state index contributed by atoms with van der Waals surface area (Å²) in [5.41, 5.74) is 3.67. The van der Waals surface area contributed by atoms with Crippen molar-refractivity contribution in [2.75, 3.05) is 39.8 Å². The number of carbonyl (C=O) groups excluding carboxylic acids is 1. The highest BCUT2D eigenvalue weighted by Crippen LogP contribution is 2.23. The molecule has 26 heavy (non-hydrogen) atoms. The molecular weight excluding hydrogens is 328 g/mol. The molecule has 0 spiro atoms. The van der Waals surface area contributed by atoms with E-state index in [2.05, 4.69) is 48.1 Å². The third-order valence-corrected chi connectivity index (χ3v) is 5.25. The molecule has 2 heterocycles. The summed E-state index contributed by atoms with van der Waals surface area (Å²) in [6.45, 7) is 11.1. The number of carbonyl (C=O) groups is 1. The first-order chi connectivity index (χ1) is 12.4. The molecule has 0 aliphatic carbocycles. The molecule has 2 aromatic rings. The number of piperazine rings is 1. The van der Waals surface area contributed by atoms with Crippen molar-refractivity contribution in [3.63, 3.8) is 0 Å². The maximum absolute atomic E-state index is 12.4. The second kappa shape index (κ2) is 8.01. The minimum absolute atomic E-state index is 0.190. The number of rotatable bonds is 5. The van der Waals surface area contributed by atoms with Crippen molar-refractivity contribution in [1.29, 1.82) is 0 Å². The summed E-state index contributed by atoms with van der Waals surface area (Å²) < 4.78 is 5.37. The number of nitrogens with one attached hydrogen (secondary N) is 1. The summed E-state index contributed by atoms with van der Waals surface area (Å²) in [5, 5.41) is 6.91. The molecule has 1 fully saturated rings. The van der Waals surface area contributed by atoms with Crippen molar-refractivity contribution in [3.8, 4) is 11.3 Å². The number of nitrogens with zero attached hydrogens (tertiary/aromatic N) is 3. The largest absolute Gasteiger partial charge is 0.355 e. The molecule has 0 bridgehead atoms. The maximum atomic E-state index is 12.4. The van der Waals surface area contributed by atoms with Crippen LogP contribution in [0.3, 0.4) is 0 Å². The van der Waals surface area contributed by atoms with Crippen LogP contribution in [0.4, 0.5) is 0 Å². The van der Waals surface area contributed by atoms with Gasteiger partial charge in [0.15, 0.2) is 11.5 Å². The zero-order valence-electron chi connectivity index (χ0n) is 16.1. The van der Waals surface area contributed by atoms with Gasteiger partial charge in [0, 0.05) is 50.4 Å². The summed E-state index contributed by atoms with van der Waals surface area (Å²) >= 11 is 0. The van der Waals surface area contributed by atoms with Crippen LogP contribution in [0, 0.1) is 13.8 Å². The van der Waals surface area contributed by atoms with Crippen LogP contribution in [0.1, 0.15) is 28.5 Å². The second-order valence-electron chi connectivity index (χ2n) is 7.27. The van der Waals surface area contributed by atoms with Crippen LogP contribution in [0.25, 0.3) is 11.3 Å². The van der Waals surface area contributed by atoms with E-state index < -0.39 is 0 Å². The number of benzene rings is 1. The standard InChI is InChI=1S/C20H28N4O2/c1-14-5-6-17(11-15(14)2)19-12-18(22-26-19)20(25)21-13-16(3)24-9-7-23(4)8-10-24/h5-6,11-12,16H,7-10,13H2,1-4H3,(H,21,25)/t16-/m0/s1. The second-order valence-corrected chi connectivity index (χ2v) is 7.27. The fourth-order valence-corrected chi connectivity index (χ4v) is 3.14. The predicted molar refractivity (Wildman–Crippen MR) is 102 cm³/mol. The lowest BCUT2D eigenvalue weighted by Gasteiger charge is -2.36. The van der Waals surface area contributed by atoms with Gasteiger partial charge in [-0.3, -0.25) is 9.69 Å². The molecule has 1 aromatic carbocycles. The molecule has 140 valence electrons. The fourth-order valence-electron chi connectivity index (χ4n) is 3.14. The molecular formula is C20H28N4O2. The van der Waals surface area contributed by atoms with Crippen LogP contribution in [-0.4, -0.2) is 66.7 Å². The third-order valence-electron chi connectivity index (χ3n) is 5.25. The molecule has 1 amide bonds. The summed E-state index contributed by atoms with van der Waals surface area (Å²) in [7, 11) is 2.14. The van der Waals surface area contributed by atoms with Crippen molar-refractivity contribution in [2.45, 2.75) is 26.8 Å². The predicted octanol–water partition coefficient (Wildman–Crippen LogP) is 2.32. The quantitative estimate of drug-likeness (QED) is 0.891. The Kier molecular flexibility index (Phi) is 5.74. The third kappa shape index (κ3) is 4.31. The molecule has 3 rings (SSSR count). The normalized spacial score (nSPS) is 17.2. The van der Waals surface area contributed by atoms with Crippen LogP contribution >= 0.6 is 0 Å². The molecule has 1 aromatic heterocycles. The number of hydrogen-bond donors (Lipinski definition) is 1. The zero-order valence-corrected chi connectivity index (χ0v) is 16.1. The van der Waals surface area contributed by atoms with Gasteiger partial charge in [-0.15, -0.1) is 0 Å². The summed E-state index contributed by atoms with van der Waals surface area (Å²) in [4.78, 5) is 17.1. The minimum Gasteiger partial charge on any atom is -0.355 e. The van der Waals surface area contributed by atoms with Crippen LogP contribution in [0.15, 0.2) is 28.8 Å². The van der Waals surface area contributed by atoms with E-state index in [0.717, 1.165) is 31.7 Å². The summed E-state index contributed by atoms with van der Waals surface area (Å²) in [5.74, 6) is 0.426. The van der Waals surface area contributed by atoms with Crippen LogP contribution in [0.2, 0.25) is 0 Å². The first kappa shape index (κ1) is 18.6. The van der Waals surface area contributed by atoms with Gasteiger partial charge in [-0.05, 0) is 45.0 Å². The smallest absolute Gasteiger partial charge is 0.273 e. The fraction of sp³-hybridized carbons (Fsp3) is 0.500. The van der Waals surface area contributed by atoms with Crippen molar-refractivity contribution in [1.82, 2.24) is 20.3 Å². The van der Waals surface area contributed by atoms with E-state index in [1.807, 2.05) is 18.2 Å². The van der Waals surface area contributed by atoms with Crippen molar-refractivity contribution in [3.05, 3.63) is 41.1 Å². The number of aryl methyl sites for hydroxylation is 2. The average molecular weight is 356 g/mol. The van der Waals surface area contributed by atoms with Gasteiger partial charge in [-0.25, -0.2) is 0 Å². The molecule has 0 radical (unpaired) electrons. The summed E-state index contributed by atoms with van der Waals surface area (Å²) in [6, 6.07) is 8.09. The van der Waals surface area contributed by atoms with Crippen LogP contribution in [-0.2, 0) is 0 Å². The molecule has 0 unspecified atom stereocenters. The highest BCUT2D eigenvalue weighted by Gasteiger charge is 2.20. The topological polar surface area (TPSA) is 61.6 Å². The van der Waals surface area contributed by atoms with E-state index >= 15 is 0 Å². The Hall–Kier alpha value is -2.18. The SMILES string of the molecule is Cc1ccc(-c2cc(C(=O)NC[C@H](C)N3CCN(C)CC3)no2)cc1C. The number of aromatic nitrogens is 1. The van der Waals surface area contributed by atoms with Crippen LogP contribution in [0.5, 0.6) is 0 Å². The van der Waals surface area contributed by atoms with Crippen LogP contribution < -0.4 is 5.32 Å². The Morgan fingerprint density at radius 1 is 1.19 bits per heavy atom. The van der Waals surface area contributed by atoms with E-state index in [0.29, 0.717) is 24.0 Å². The van der Waals surface area contributed by atoms with E-state index in [4.69, 9.17) is 4.52 Å². The van der Waals surface area contributed by atoms with Gasteiger partial charge >= 0.3 is 0 Å². The van der Waals surface area contributed by atoms with Crippen molar-refractivity contribution < 1.29 is 9.32 Å². The first-order valence-corrected chi connectivity index (χ1v) is 9.19. The lowest BCUT2D eigenvalue weighted by atomic mass is 10.0. The van der Waals surface area contributed by atoms with Crippen molar-refractivity contribution >= 4 is 5.91 Å². The monoisotopic (exact) mass is 356 g/mol. The Morgan fingerprint density at radius 3 is 2.62 bits per heavy atom. The Morgan fingerprint density at radius 2 is 1.92 bits per heavy atom. The Bertz CT molecular complexity index is 763.